The summed E-state index contributed by atoms with van der Waals surface area (Å²) in [6, 6.07) is 27.7. The van der Waals surface area contributed by atoms with Crippen LogP contribution in [0.2, 0.25) is 0 Å². The van der Waals surface area contributed by atoms with Crippen molar-refractivity contribution in [3.05, 3.63) is 84.2 Å². The molecule has 0 atom stereocenters. The van der Waals surface area contributed by atoms with Gasteiger partial charge in [-0.05, 0) is 22.8 Å². The van der Waals surface area contributed by atoms with Gasteiger partial charge >= 0.3 is 0 Å². The molecule has 0 amide bonds. The molecule has 21 heavy (non-hydrogen) atoms. The van der Waals surface area contributed by atoms with Crippen molar-refractivity contribution in [2.45, 2.75) is 0 Å². The Hall–Kier alpha value is -2.38. The van der Waals surface area contributed by atoms with Gasteiger partial charge in [0.2, 0.25) is 0 Å². The molecule has 99 valence electrons. The van der Waals surface area contributed by atoms with Crippen molar-refractivity contribution in [2.24, 2.45) is 0 Å². The molecule has 0 spiro atoms. The van der Waals surface area contributed by atoms with Crippen molar-refractivity contribution in [2.75, 3.05) is 0 Å². The van der Waals surface area contributed by atoms with Gasteiger partial charge in [-0.15, -0.1) is 11.3 Å². The summed E-state index contributed by atoms with van der Waals surface area (Å²) in [5, 5.41) is 4.73. The lowest BCUT2D eigenvalue weighted by Gasteiger charge is -2.03. The molecule has 4 aromatic rings. The van der Waals surface area contributed by atoms with E-state index in [1.165, 1.54) is 32.3 Å². The third kappa shape index (κ3) is 2.26. The third-order valence-corrected chi connectivity index (χ3v) is 4.55. The zero-order chi connectivity index (χ0) is 14.1. The number of hydrogen-bond donors (Lipinski definition) is 0. The first-order valence-corrected chi connectivity index (χ1v) is 7.78. The highest BCUT2D eigenvalue weighted by Crippen LogP contribution is 2.35. The van der Waals surface area contributed by atoms with E-state index < -0.39 is 0 Å². The smallest absolute Gasteiger partial charge is 0.0540 e. The molecule has 4 rings (SSSR count). The Morgan fingerprint density at radius 2 is 1.29 bits per heavy atom. The van der Waals surface area contributed by atoms with Crippen molar-refractivity contribution in [3.8, 4) is 22.3 Å². The summed E-state index contributed by atoms with van der Waals surface area (Å²) in [7, 11) is 0. The van der Waals surface area contributed by atoms with Gasteiger partial charge in [-0.25, -0.2) is 0 Å². The lowest BCUT2D eigenvalue weighted by atomic mass is 10.0. The van der Waals surface area contributed by atoms with Crippen molar-refractivity contribution in [1.82, 2.24) is 0 Å². The first-order chi connectivity index (χ1) is 10.4. The van der Waals surface area contributed by atoms with E-state index in [0.29, 0.717) is 0 Å². The fraction of sp³-hybridized carbons (Fsp3) is 0. The highest BCUT2D eigenvalue weighted by atomic mass is 32.1. The zero-order valence-corrected chi connectivity index (χ0v) is 12.2. The second kappa shape index (κ2) is 5.19. The Morgan fingerprint density at radius 3 is 2.00 bits per heavy atom. The summed E-state index contributed by atoms with van der Waals surface area (Å²) in [6.07, 6.45) is 0. The highest BCUT2D eigenvalue weighted by molar-refractivity contribution is 7.17. The maximum Gasteiger partial charge on any atom is 0.0540 e. The molecule has 0 aliphatic carbocycles. The molecular formula is C20H13S. The molecule has 0 aliphatic rings. The lowest BCUT2D eigenvalue weighted by molar-refractivity contribution is 1.65. The third-order valence-electron chi connectivity index (χ3n) is 3.68. The zero-order valence-electron chi connectivity index (χ0n) is 11.4. The molecule has 0 saturated heterocycles. The average molecular weight is 285 g/mol. The summed E-state index contributed by atoms with van der Waals surface area (Å²) in [5.74, 6) is 0. The Bertz CT molecular complexity index is 874. The van der Waals surface area contributed by atoms with Gasteiger partial charge in [0, 0.05) is 15.6 Å². The van der Waals surface area contributed by atoms with E-state index in [1.807, 2.05) is 6.07 Å². The second-order valence-corrected chi connectivity index (χ2v) is 5.87. The van der Waals surface area contributed by atoms with Crippen LogP contribution < -0.4 is 0 Å². The predicted octanol–water partition coefficient (Wildman–Crippen LogP) is 6.04. The predicted molar refractivity (Wildman–Crippen MR) is 91.5 cm³/mol. The molecule has 1 radical (unpaired) electrons. The van der Waals surface area contributed by atoms with Crippen LogP contribution in [0.25, 0.3) is 32.3 Å². The summed E-state index contributed by atoms with van der Waals surface area (Å²) in [5.41, 5.74) is 4.96. The van der Waals surface area contributed by atoms with E-state index in [2.05, 4.69) is 78.2 Å². The van der Waals surface area contributed by atoms with Gasteiger partial charge in [-0.1, -0.05) is 72.8 Å². The van der Waals surface area contributed by atoms with Crippen LogP contribution >= 0.6 is 11.3 Å². The molecule has 3 aromatic carbocycles. The van der Waals surface area contributed by atoms with Gasteiger partial charge in [-0.2, -0.15) is 0 Å². The minimum absolute atomic E-state index is 1.20. The monoisotopic (exact) mass is 285 g/mol. The molecule has 1 aromatic heterocycles. The van der Waals surface area contributed by atoms with Crippen molar-refractivity contribution in [1.29, 1.82) is 0 Å². The van der Waals surface area contributed by atoms with Gasteiger partial charge in [0.05, 0.1) is 5.38 Å². The Balaban J connectivity index is 1.85. The lowest BCUT2D eigenvalue weighted by Crippen LogP contribution is -1.78. The number of hydrogen-bond acceptors (Lipinski definition) is 1. The van der Waals surface area contributed by atoms with Crippen LogP contribution in [0.1, 0.15) is 0 Å². The van der Waals surface area contributed by atoms with Crippen LogP contribution in [0.5, 0.6) is 0 Å². The number of fused-ring (bicyclic) bond motifs is 1. The van der Waals surface area contributed by atoms with Gasteiger partial charge in [0.25, 0.3) is 0 Å². The van der Waals surface area contributed by atoms with Crippen molar-refractivity contribution >= 4 is 21.4 Å². The van der Waals surface area contributed by atoms with Crippen LogP contribution in [0, 0.1) is 5.38 Å². The summed E-state index contributed by atoms with van der Waals surface area (Å²) in [4.78, 5) is 0. The fourth-order valence-electron chi connectivity index (χ4n) is 2.60. The second-order valence-electron chi connectivity index (χ2n) is 5.02. The Morgan fingerprint density at radius 1 is 0.619 bits per heavy atom. The molecule has 0 fully saturated rings. The van der Waals surface area contributed by atoms with Gasteiger partial charge in [0.1, 0.15) is 0 Å². The minimum atomic E-state index is 1.20. The largest absolute Gasteiger partial charge is 0.134 e. The molecule has 0 unspecified atom stereocenters. The quantitative estimate of drug-likeness (QED) is 0.421. The topological polar surface area (TPSA) is 0 Å². The maximum absolute atomic E-state index is 3.45. The normalized spacial score (nSPS) is 10.9. The Kier molecular flexibility index (Phi) is 3.06. The molecule has 0 N–H and O–H groups in total. The van der Waals surface area contributed by atoms with Crippen molar-refractivity contribution in [3.63, 3.8) is 0 Å². The van der Waals surface area contributed by atoms with Crippen LogP contribution in [-0.2, 0) is 0 Å². The molecule has 1 heterocycles. The summed E-state index contributed by atoms with van der Waals surface area (Å²) < 4.78 is 1.29. The Labute approximate surface area is 128 Å². The van der Waals surface area contributed by atoms with Crippen molar-refractivity contribution < 1.29 is 0 Å². The molecule has 1 heteroatoms. The van der Waals surface area contributed by atoms with Crippen LogP contribution in [0.4, 0.5) is 0 Å². The van der Waals surface area contributed by atoms with Gasteiger partial charge in [-0.3, -0.25) is 0 Å². The van der Waals surface area contributed by atoms with E-state index in [0.717, 1.165) is 0 Å². The molecule has 0 aliphatic heterocycles. The average Bonchev–Trinajstić information content (AvgIpc) is 2.99. The first kappa shape index (κ1) is 12.4. The standard InChI is InChI=1S/C20H13S/c1-3-7-15(8-4-1)17-11-12-18-19(14-21-20(18)13-17)16-9-5-2-6-10-16/h1-13H. The fourth-order valence-corrected chi connectivity index (χ4v) is 3.51. The molecular weight excluding hydrogens is 272 g/mol. The number of thiophene rings is 1. The number of rotatable bonds is 2. The van der Waals surface area contributed by atoms with Crippen LogP contribution in [0.15, 0.2) is 78.9 Å². The van der Waals surface area contributed by atoms with Crippen LogP contribution in [-0.4, -0.2) is 0 Å². The minimum Gasteiger partial charge on any atom is -0.134 e. The van der Waals surface area contributed by atoms with E-state index in [4.69, 9.17) is 0 Å². The van der Waals surface area contributed by atoms with E-state index in [1.54, 1.807) is 11.3 Å². The SMILES string of the molecule is [c]1sc2cc(-c3ccccc3)ccc2c1-c1ccccc1. The van der Waals surface area contributed by atoms with Gasteiger partial charge in [0.15, 0.2) is 0 Å². The summed E-state index contributed by atoms with van der Waals surface area (Å²) in [6.45, 7) is 0. The van der Waals surface area contributed by atoms with Gasteiger partial charge < -0.3 is 0 Å². The number of benzene rings is 3. The maximum atomic E-state index is 3.45. The molecule has 0 nitrogen and oxygen atoms in total. The highest BCUT2D eigenvalue weighted by Gasteiger charge is 2.08. The molecule has 0 bridgehead atoms. The van der Waals surface area contributed by atoms with E-state index in [-0.39, 0.29) is 0 Å². The van der Waals surface area contributed by atoms with E-state index in [9.17, 15) is 0 Å². The molecule has 0 saturated carbocycles. The summed E-state index contributed by atoms with van der Waals surface area (Å²) >= 11 is 1.69. The van der Waals surface area contributed by atoms with Crippen LogP contribution in [0.3, 0.4) is 0 Å². The first-order valence-electron chi connectivity index (χ1n) is 6.97. The van der Waals surface area contributed by atoms with E-state index >= 15 is 0 Å².